The second kappa shape index (κ2) is 17.8. The third-order valence-corrected chi connectivity index (χ3v) is 5.49. The zero-order valence-corrected chi connectivity index (χ0v) is 22.8. The van der Waals surface area contributed by atoms with Gasteiger partial charge in [0.05, 0.1) is 5.70 Å². The predicted octanol–water partition coefficient (Wildman–Crippen LogP) is 3.97. The number of hydrogen-bond acceptors (Lipinski definition) is 7. The zero-order valence-electron chi connectivity index (χ0n) is 22.8. The topological polar surface area (TPSA) is 96.2 Å². The lowest BCUT2D eigenvalue weighted by atomic mass is 10.1. The zero-order chi connectivity index (χ0) is 26.8. The molecule has 36 heavy (non-hydrogen) atoms. The van der Waals surface area contributed by atoms with Gasteiger partial charge in [0.2, 0.25) is 0 Å². The summed E-state index contributed by atoms with van der Waals surface area (Å²) in [4.78, 5) is 21.5. The molecule has 0 atom stereocenters. The number of piperidine rings is 1. The molecule has 7 heteroatoms. The average molecular weight is 493 g/mol. The van der Waals surface area contributed by atoms with Crippen LogP contribution in [0.5, 0.6) is 0 Å². The maximum Gasteiger partial charge on any atom is 0.150 e. The van der Waals surface area contributed by atoms with Crippen molar-refractivity contribution in [3.63, 3.8) is 0 Å². The Morgan fingerprint density at radius 3 is 2.42 bits per heavy atom. The van der Waals surface area contributed by atoms with E-state index in [4.69, 9.17) is 5.73 Å². The minimum Gasteiger partial charge on any atom is -0.397 e. The molecule has 0 unspecified atom stereocenters. The summed E-state index contributed by atoms with van der Waals surface area (Å²) in [6.07, 6.45) is 17.2. The lowest BCUT2D eigenvalue weighted by molar-refractivity contribution is 0.112. The van der Waals surface area contributed by atoms with E-state index in [1.54, 1.807) is 18.5 Å². The van der Waals surface area contributed by atoms with Gasteiger partial charge in [-0.3, -0.25) is 4.79 Å². The smallest absolute Gasteiger partial charge is 0.150 e. The lowest BCUT2D eigenvalue weighted by Crippen LogP contribution is -2.30. The fourth-order valence-corrected chi connectivity index (χ4v) is 3.68. The highest BCUT2D eigenvalue weighted by atomic mass is 16.1. The summed E-state index contributed by atoms with van der Waals surface area (Å²) < 4.78 is 0. The molecule has 196 valence electrons. The predicted molar refractivity (Wildman–Crippen MR) is 154 cm³/mol. The summed E-state index contributed by atoms with van der Waals surface area (Å²) in [6.45, 7) is 10.2. The van der Waals surface area contributed by atoms with Crippen LogP contribution in [-0.2, 0) is 0 Å². The van der Waals surface area contributed by atoms with Gasteiger partial charge in [-0.2, -0.15) is 0 Å². The fraction of sp³-hybridized carbons (Fsp3) is 0.414. The molecular weight excluding hydrogens is 448 g/mol. The van der Waals surface area contributed by atoms with Crippen molar-refractivity contribution in [1.82, 2.24) is 15.3 Å². The number of rotatable bonds is 7. The van der Waals surface area contributed by atoms with Gasteiger partial charge in [0, 0.05) is 51.3 Å². The molecule has 4 N–H and O–H groups in total. The Bertz CT molecular complexity index is 1100. The Labute approximate surface area is 216 Å². The number of aromatic nitrogens is 2. The van der Waals surface area contributed by atoms with Crippen LogP contribution in [0.1, 0.15) is 63.7 Å². The van der Waals surface area contributed by atoms with Crippen LogP contribution >= 0.6 is 0 Å². The molecule has 0 saturated carbocycles. The molecule has 0 bridgehead atoms. The summed E-state index contributed by atoms with van der Waals surface area (Å²) in [5.41, 5.74) is 8.44. The van der Waals surface area contributed by atoms with Crippen molar-refractivity contribution in [3.8, 4) is 0 Å². The fourth-order valence-electron chi connectivity index (χ4n) is 3.68. The van der Waals surface area contributed by atoms with Crippen LogP contribution in [0.15, 0.2) is 54.1 Å². The number of nitrogens with two attached hydrogens (primary N) is 1. The van der Waals surface area contributed by atoms with Crippen LogP contribution in [0.4, 0.5) is 11.6 Å². The number of pyridine rings is 2. The molecule has 1 fully saturated rings. The van der Waals surface area contributed by atoms with Crippen molar-refractivity contribution in [3.05, 3.63) is 70.1 Å². The van der Waals surface area contributed by atoms with Crippen LogP contribution in [0.3, 0.4) is 0 Å². The Morgan fingerprint density at radius 2 is 1.83 bits per heavy atom. The van der Waals surface area contributed by atoms with Crippen LogP contribution in [0.2, 0.25) is 0 Å². The monoisotopic (exact) mass is 492 g/mol. The Morgan fingerprint density at radius 1 is 1.11 bits per heavy atom. The van der Waals surface area contributed by atoms with E-state index in [1.807, 2.05) is 59.3 Å². The summed E-state index contributed by atoms with van der Waals surface area (Å²) in [7, 11) is 3.70. The van der Waals surface area contributed by atoms with Crippen LogP contribution < -0.4 is 31.7 Å². The Balaban J connectivity index is 0.000000353. The van der Waals surface area contributed by atoms with E-state index >= 15 is 0 Å². The summed E-state index contributed by atoms with van der Waals surface area (Å²) in [5, 5.41) is 8.23. The highest BCUT2D eigenvalue weighted by molar-refractivity contribution is 5.76. The van der Waals surface area contributed by atoms with Gasteiger partial charge in [-0.05, 0) is 72.9 Å². The summed E-state index contributed by atoms with van der Waals surface area (Å²) >= 11 is 0. The van der Waals surface area contributed by atoms with E-state index in [1.165, 1.54) is 19.3 Å². The molecule has 0 aromatic carbocycles. The molecule has 1 aliphatic rings. The van der Waals surface area contributed by atoms with Crippen molar-refractivity contribution in [2.75, 3.05) is 37.4 Å². The minimum absolute atomic E-state index is 0.709. The van der Waals surface area contributed by atoms with Gasteiger partial charge in [-0.1, -0.05) is 32.9 Å². The van der Waals surface area contributed by atoms with Gasteiger partial charge in [0.1, 0.15) is 17.9 Å². The number of carbonyl (C=O) groups is 1. The van der Waals surface area contributed by atoms with E-state index in [9.17, 15) is 4.79 Å². The van der Waals surface area contributed by atoms with Gasteiger partial charge in [0.25, 0.3) is 0 Å². The molecule has 0 spiro atoms. The first-order valence-corrected chi connectivity index (χ1v) is 12.9. The van der Waals surface area contributed by atoms with Crippen LogP contribution in [-0.4, -0.2) is 43.4 Å². The lowest BCUT2D eigenvalue weighted by Gasteiger charge is -2.27. The highest BCUT2D eigenvalue weighted by Crippen LogP contribution is 2.17. The number of carbonyl (C=O) groups excluding carboxylic acids is 1. The molecule has 3 heterocycles. The second-order valence-corrected chi connectivity index (χ2v) is 7.95. The maximum atomic E-state index is 10.6. The largest absolute Gasteiger partial charge is 0.397 e. The molecule has 1 aliphatic heterocycles. The van der Waals surface area contributed by atoms with Crippen molar-refractivity contribution in [2.45, 2.75) is 53.4 Å². The average Bonchev–Trinajstić information content (AvgIpc) is 2.94. The number of nitrogens with one attached hydrogen (secondary N) is 2. The molecule has 2 aromatic rings. The molecule has 0 amide bonds. The van der Waals surface area contributed by atoms with Gasteiger partial charge in [-0.25, -0.2) is 9.97 Å². The number of nitrogens with zero attached hydrogens (tertiary/aromatic N) is 3. The Kier molecular flexibility index (Phi) is 15.0. The third kappa shape index (κ3) is 9.94. The normalized spacial score (nSPS) is 14.8. The minimum atomic E-state index is 0.709. The van der Waals surface area contributed by atoms with E-state index in [2.05, 4.69) is 44.6 Å². The number of anilines is 2. The molecule has 1 saturated heterocycles. The van der Waals surface area contributed by atoms with Gasteiger partial charge < -0.3 is 21.3 Å². The number of aldehydes is 1. The summed E-state index contributed by atoms with van der Waals surface area (Å²) in [5.74, 6) is 1.78. The van der Waals surface area contributed by atoms with Crippen molar-refractivity contribution in [1.29, 1.82) is 0 Å². The third-order valence-electron chi connectivity index (χ3n) is 5.49. The van der Waals surface area contributed by atoms with Gasteiger partial charge >= 0.3 is 0 Å². The van der Waals surface area contributed by atoms with E-state index < -0.39 is 0 Å². The molecule has 3 rings (SSSR count). The Hall–Kier alpha value is -3.61. The van der Waals surface area contributed by atoms with Gasteiger partial charge in [0.15, 0.2) is 0 Å². The van der Waals surface area contributed by atoms with Gasteiger partial charge in [-0.15, -0.1) is 0 Å². The standard InChI is InChI=1S/C16H24N4.C11H14N2O.C2H6/c1-5-7-13-10-20-16(19-4)9-14(13)8-12(6-2)15(17)11-18-3;14-9-10-4-5-12-11(8-10)13-6-2-1-3-7-13;1-2/h6-11,18-19H,5,17H2,1-4H3;4-5,8-9H,1-3,6-7H2;1-2H3/b12-6+,13-7+,14-8-,15-11-;;. The molecule has 0 radical (unpaired) electrons. The van der Waals surface area contributed by atoms with E-state index in [0.29, 0.717) is 11.3 Å². The van der Waals surface area contributed by atoms with E-state index in [0.717, 1.165) is 53.4 Å². The van der Waals surface area contributed by atoms with E-state index in [-0.39, 0.29) is 0 Å². The quantitative estimate of drug-likeness (QED) is 0.397. The molecule has 7 nitrogen and oxygen atoms in total. The number of hydrogen-bond donors (Lipinski definition) is 3. The second-order valence-electron chi connectivity index (χ2n) is 7.95. The summed E-state index contributed by atoms with van der Waals surface area (Å²) in [6, 6.07) is 5.62. The first-order valence-electron chi connectivity index (χ1n) is 12.9. The molecular formula is C29H44N6O. The van der Waals surface area contributed by atoms with Crippen LogP contribution in [0.25, 0.3) is 12.2 Å². The molecule has 0 aliphatic carbocycles. The van der Waals surface area contributed by atoms with Crippen molar-refractivity contribution < 1.29 is 4.79 Å². The highest BCUT2D eigenvalue weighted by Gasteiger charge is 2.11. The van der Waals surface area contributed by atoms with Crippen LogP contribution in [0, 0.1) is 0 Å². The van der Waals surface area contributed by atoms with Crippen molar-refractivity contribution >= 4 is 30.1 Å². The first-order chi connectivity index (χ1) is 17.6. The SMILES string of the molecule is C/C=C(\C=c1\cc(NC)nc\c1=C/CC)C(/N)=C/NC.CC.O=Cc1ccnc(N2CCCCC2)c1. The maximum absolute atomic E-state index is 10.6. The molecule has 2 aromatic heterocycles. The first kappa shape index (κ1) is 30.4. The van der Waals surface area contributed by atoms with Crippen molar-refractivity contribution in [2.24, 2.45) is 5.73 Å². The number of allylic oxidation sites excluding steroid dienone is 2.